The van der Waals surface area contributed by atoms with Crippen LogP contribution in [0.5, 0.6) is 11.5 Å². The van der Waals surface area contributed by atoms with Gasteiger partial charge in [0.1, 0.15) is 0 Å². The Kier molecular flexibility index (Phi) is 6.93. The maximum Gasteiger partial charge on any atom is 0.261 e. The van der Waals surface area contributed by atoms with Gasteiger partial charge in [-0.15, -0.1) is 0 Å². The topological polar surface area (TPSA) is 56.8 Å². The molecule has 0 bridgehead atoms. The molecule has 1 heterocycles. The molecule has 1 aliphatic rings. The number of carbonyl (C=O) groups is 1. The predicted octanol–water partition coefficient (Wildman–Crippen LogP) is 3.72. The van der Waals surface area contributed by atoms with E-state index in [1.807, 2.05) is 49.4 Å². The molecular weight excluding hydrogens is 354 g/mol. The van der Waals surface area contributed by atoms with Crippen LogP contribution in [-0.2, 0) is 14.9 Å². The third-order valence-corrected chi connectivity index (χ3v) is 5.44. The van der Waals surface area contributed by atoms with Gasteiger partial charge >= 0.3 is 0 Å². The number of methoxy groups -OCH3 is 1. The van der Waals surface area contributed by atoms with Crippen LogP contribution < -0.4 is 14.8 Å². The number of amides is 1. The predicted molar refractivity (Wildman–Crippen MR) is 109 cm³/mol. The quantitative estimate of drug-likeness (QED) is 0.755. The van der Waals surface area contributed by atoms with Crippen molar-refractivity contribution in [1.82, 2.24) is 5.32 Å². The fraction of sp³-hybridized carbons (Fsp3) is 0.435. The first-order valence-corrected chi connectivity index (χ1v) is 9.89. The van der Waals surface area contributed by atoms with Gasteiger partial charge in [-0.2, -0.15) is 0 Å². The summed E-state index contributed by atoms with van der Waals surface area (Å²) in [5.41, 5.74) is 1.15. The van der Waals surface area contributed by atoms with E-state index in [-0.39, 0.29) is 11.3 Å². The van der Waals surface area contributed by atoms with Crippen LogP contribution in [0.4, 0.5) is 0 Å². The molecule has 1 N–H and O–H groups in total. The highest BCUT2D eigenvalue weighted by atomic mass is 16.5. The summed E-state index contributed by atoms with van der Waals surface area (Å²) in [6.45, 7) is 3.94. The molecule has 0 aromatic heterocycles. The Hall–Kier alpha value is -2.53. The molecule has 1 aliphatic heterocycles. The molecule has 3 rings (SSSR count). The number of hydrogen-bond acceptors (Lipinski definition) is 4. The Morgan fingerprint density at radius 2 is 1.71 bits per heavy atom. The van der Waals surface area contributed by atoms with Crippen LogP contribution in [0.25, 0.3) is 0 Å². The molecule has 1 atom stereocenters. The normalized spacial score (nSPS) is 16.8. The first-order chi connectivity index (χ1) is 13.7. The molecule has 5 heteroatoms. The summed E-state index contributed by atoms with van der Waals surface area (Å²) in [7, 11) is 1.60. The zero-order valence-electron chi connectivity index (χ0n) is 16.6. The van der Waals surface area contributed by atoms with Crippen molar-refractivity contribution in [2.45, 2.75) is 37.7 Å². The number of rotatable bonds is 8. The lowest BCUT2D eigenvalue weighted by Crippen LogP contribution is -2.48. The van der Waals surface area contributed by atoms with Gasteiger partial charge in [0.15, 0.2) is 17.6 Å². The van der Waals surface area contributed by atoms with Crippen LogP contribution in [0.1, 0.15) is 31.7 Å². The summed E-state index contributed by atoms with van der Waals surface area (Å²) in [6, 6.07) is 17.8. The number of benzene rings is 2. The zero-order valence-corrected chi connectivity index (χ0v) is 16.6. The summed E-state index contributed by atoms with van der Waals surface area (Å²) in [4.78, 5) is 12.9. The van der Waals surface area contributed by atoms with Gasteiger partial charge in [0.05, 0.1) is 7.11 Å². The largest absolute Gasteiger partial charge is 0.493 e. The van der Waals surface area contributed by atoms with Gasteiger partial charge in [0.25, 0.3) is 5.91 Å². The van der Waals surface area contributed by atoms with Gasteiger partial charge in [-0.25, -0.2) is 0 Å². The van der Waals surface area contributed by atoms with Crippen molar-refractivity contribution in [2.24, 2.45) is 0 Å². The molecule has 1 amide bonds. The lowest BCUT2D eigenvalue weighted by atomic mass is 9.74. The summed E-state index contributed by atoms with van der Waals surface area (Å²) >= 11 is 0. The average molecular weight is 383 g/mol. The molecule has 2 aromatic carbocycles. The van der Waals surface area contributed by atoms with E-state index in [1.165, 1.54) is 5.56 Å². The minimum absolute atomic E-state index is 0.0993. The Morgan fingerprint density at radius 1 is 1.07 bits per heavy atom. The molecule has 0 radical (unpaired) electrons. The Balaban J connectivity index is 1.69. The van der Waals surface area contributed by atoms with Crippen molar-refractivity contribution in [3.63, 3.8) is 0 Å². The second kappa shape index (κ2) is 9.60. The summed E-state index contributed by atoms with van der Waals surface area (Å²) < 4.78 is 16.9. The fourth-order valence-electron chi connectivity index (χ4n) is 3.68. The van der Waals surface area contributed by atoms with Gasteiger partial charge in [0, 0.05) is 25.2 Å². The van der Waals surface area contributed by atoms with E-state index in [0.717, 1.165) is 12.8 Å². The van der Waals surface area contributed by atoms with Crippen molar-refractivity contribution in [3.8, 4) is 11.5 Å². The second-order valence-electron chi connectivity index (χ2n) is 7.14. The third-order valence-electron chi connectivity index (χ3n) is 5.44. The fourth-order valence-corrected chi connectivity index (χ4v) is 3.68. The molecular formula is C23H29NO4. The van der Waals surface area contributed by atoms with Crippen molar-refractivity contribution in [1.29, 1.82) is 0 Å². The number of para-hydroxylation sites is 2. The van der Waals surface area contributed by atoms with Crippen molar-refractivity contribution >= 4 is 5.91 Å². The molecule has 0 unspecified atom stereocenters. The molecule has 0 aliphatic carbocycles. The van der Waals surface area contributed by atoms with Crippen molar-refractivity contribution < 1.29 is 19.0 Å². The highest BCUT2D eigenvalue weighted by Gasteiger charge is 2.35. The van der Waals surface area contributed by atoms with Gasteiger partial charge in [-0.3, -0.25) is 4.79 Å². The maximum atomic E-state index is 12.9. The Bertz CT molecular complexity index is 756. The molecule has 28 heavy (non-hydrogen) atoms. The minimum atomic E-state index is -0.566. The lowest BCUT2D eigenvalue weighted by molar-refractivity contribution is -0.128. The van der Waals surface area contributed by atoms with Gasteiger partial charge in [-0.05, 0) is 37.0 Å². The minimum Gasteiger partial charge on any atom is -0.493 e. The molecule has 150 valence electrons. The summed E-state index contributed by atoms with van der Waals surface area (Å²) in [5.74, 6) is 1.10. The Labute approximate surface area is 167 Å². The molecule has 1 fully saturated rings. The smallest absolute Gasteiger partial charge is 0.261 e. The molecule has 0 saturated carbocycles. The summed E-state index contributed by atoms with van der Waals surface area (Å²) in [5, 5.41) is 3.14. The third kappa shape index (κ3) is 4.65. The first-order valence-electron chi connectivity index (χ1n) is 9.89. The second-order valence-corrected chi connectivity index (χ2v) is 7.14. The van der Waals surface area contributed by atoms with E-state index < -0.39 is 6.10 Å². The van der Waals surface area contributed by atoms with E-state index in [9.17, 15) is 4.79 Å². The van der Waals surface area contributed by atoms with Crippen molar-refractivity contribution in [2.75, 3.05) is 26.9 Å². The number of carbonyl (C=O) groups excluding carboxylic acids is 1. The van der Waals surface area contributed by atoms with E-state index >= 15 is 0 Å². The van der Waals surface area contributed by atoms with Crippen LogP contribution in [-0.4, -0.2) is 38.9 Å². The van der Waals surface area contributed by atoms with Gasteiger partial charge in [-0.1, -0.05) is 49.4 Å². The van der Waals surface area contributed by atoms with Crippen LogP contribution >= 0.6 is 0 Å². The van der Waals surface area contributed by atoms with E-state index in [2.05, 4.69) is 17.4 Å². The summed E-state index contributed by atoms with van der Waals surface area (Å²) in [6.07, 6.45) is 1.79. The standard InChI is InChI=1S/C23H29NO4/c1-3-19(28-21-12-8-7-11-20(21)26-2)22(25)24-17-23(13-15-27-16-14-23)18-9-5-4-6-10-18/h4-12,19H,3,13-17H2,1-2H3,(H,24,25)/t19-/m0/s1. The molecule has 2 aromatic rings. The maximum absolute atomic E-state index is 12.9. The van der Waals surface area contributed by atoms with E-state index in [1.54, 1.807) is 7.11 Å². The van der Waals surface area contributed by atoms with Crippen LogP contribution in [0, 0.1) is 0 Å². The number of nitrogens with one attached hydrogen (secondary N) is 1. The number of hydrogen-bond donors (Lipinski definition) is 1. The van der Waals surface area contributed by atoms with E-state index in [4.69, 9.17) is 14.2 Å². The van der Waals surface area contributed by atoms with Crippen LogP contribution in [0.3, 0.4) is 0 Å². The average Bonchev–Trinajstić information content (AvgIpc) is 2.77. The molecule has 0 spiro atoms. The zero-order chi connectivity index (χ0) is 19.8. The van der Waals surface area contributed by atoms with Crippen LogP contribution in [0.2, 0.25) is 0 Å². The van der Waals surface area contributed by atoms with Crippen molar-refractivity contribution in [3.05, 3.63) is 60.2 Å². The lowest BCUT2D eigenvalue weighted by Gasteiger charge is -2.38. The number of ether oxygens (including phenoxy) is 3. The highest BCUT2D eigenvalue weighted by molar-refractivity contribution is 5.81. The monoisotopic (exact) mass is 383 g/mol. The van der Waals surface area contributed by atoms with Gasteiger partial charge < -0.3 is 19.5 Å². The van der Waals surface area contributed by atoms with Crippen LogP contribution in [0.15, 0.2) is 54.6 Å². The SMILES string of the molecule is CC[C@H](Oc1ccccc1OC)C(=O)NCC1(c2ccccc2)CCOCC1. The molecule has 1 saturated heterocycles. The first kappa shape index (κ1) is 20.2. The Morgan fingerprint density at radius 3 is 2.36 bits per heavy atom. The molecule has 5 nitrogen and oxygen atoms in total. The highest BCUT2D eigenvalue weighted by Crippen LogP contribution is 2.34. The van der Waals surface area contributed by atoms with E-state index in [0.29, 0.717) is 37.7 Å². The van der Waals surface area contributed by atoms with Gasteiger partial charge in [0.2, 0.25) is 0 Å².